The molecule has 37 heavy (non-hydrogen) atoms. The number of para-hydroxylation sites is 1. The number of nitrogens with one attached hydrogen (secondary N) is 1. The highest BCUT2D eigenvalue weighted by atomic mass is 32.2. The van der Waals surface area contributed by atoms with E-state index in [0.717, 1.165) is 33.3 Å². The van der Waals surface area contributed by atoms with Gasteiger partial charge in [-0.1, -0.05) is 48.5 Å². The Bertz CT molecular complexity index is 1480. The number of H-pyrrole nitrogens is 1. The molecule has 4 aromatic rings. The van der Waals surface area contributed by atoms with Gasteiger partial charge in [0.15, 0.2) is 0 Å². The third-order valence-corrected chi connectivity index (χ3v) is 9.00. The Labute approximate surface area is 217 Å². The summed E-state index contributed by atoms with van der Waals surface area (Å²) in [5.74, 6) is 0.524. The van der Waals surface area contributed by atoms with E-state index in [-0.39, 0.29) is 11.7 Å². The maximum absolute atomic E-state index is 12.9. The molecule has 192 valence electrons. The normalized spacial score (nSPS) is 15.1. The molecule has 0 bridgehead atoms. The minimum absolute atomic E-state index is 0.0694. The van der Waals surface area contributed by atoms with E-state index in [2.05, 4.69) is 11.1 Å². The van der Waals surface area contributed by atoms with E-state index in [1.165, 1.54) is 0 Å². The number of aromatic nitrogens is 1. The van der Waals surface area contributed by atoms with Gasteiger partial charge >= 0.3 is 0 Å². The third kappa shape index (κ3) is 5.55. The number of carbonyl (C=O) groups excluding carboxylic acids is 1. The highest BCUT2D eigenvalue weighted by Gasteiger charge is 2.30. The Morgan fingerprint density at radius 1 is 0.973 bits per heavy atom. The molecule has 1 aliphatic heterocycles. The van der Waals surface area contributed by atoms with E-state index in [9.17, 15) is 13.2 Å². The van der Waals surface area contributed by atoms with Crippen molar-refractivity contribution in [3.8, 4) is 16.9 Å². The number of hydrogen-bond acceptors (Lipinski definition) is 4. The lowest BCUT2D eigenvalue weighted by atomic mass is 9.88. The number of ether oxygens (including phenoxy) is 1. The second-order valence-electron chi connectivity index (χ2n) is 9.43. The van der Waals surface area contributed by atoms with Crippen molar-refractivity contribution in [1.29, 1.82) is 0 Å². The van der Waals surface area contributed by atoms with E-state index in [1.807, 2.05) is 72.9 Å². The first-order valence-electron chi connectivity index (χ1n) is 12.6. The molecule has 0 saturated carbocycles. The van der Waals surface area contributed by atoms with Crippen LogP contribution < -0.4 is 10.5 Å². The van der Waals surface area contributed by atoms with Gasteiger partial charge < -0.3 is 15.5 Å². The van der Waals surface area contributed by atoms with Gasteiger partial charge in [-0.25, -0.2) is 12.7 Å². The number of carbonyl (C=O) groups is 1. The summed E-state index contributed by atoms with van der Waals surface area (Å²) in [5, 5.41) is 0.967. The number of rotatable bonds is 9. The van der Waals surface area contributed by atoms with Crippen LogP contribution in [0.3, 0.4) is 0 Å². The van der Waals surface area contributed by atoms with Crippen LogP contribution in [0.1, 0.15) is 41.1 Å². The number of fused-ring (bicyclic) bond motifs is 1. The summed E-state index contributed by atoms with van der Waals surface area (Å²) in [6.45, 7) is 1.31. The molecule has 1 aromatic heterocycles. The largest absolute Gasteiger partial charge is 0.494 e. The zero-order valence-electron chi connectivity index (χ0n) is 20.6. The summed E-state index contributed by atoms with van der Waals surface area (Å²) in [6.07, 6.45) is 3.82. The van der Waals surface area contributed by atoms with Crippen LogP contribution in [0.4, 0.5) is 0 Å². The highest BCUT2D eigenvalue weighted by molar-refractivity contribution is 7.89. The summed E-state index contributed by atoms with van der Waals surface area (Å²) in [5.41, 5.74) is 9.96. The summed E-state index contributed by atoms with van der Waals surface area (Å²) in [6, 6.07) is 23.2. The monoisotopic (exact) mass is 517 g/mol. The molecule has 1 fully saturated rings. The van der Waals surface area contributed by atoms with Crippen molar-refractivity contribution in [3.05, 3.63) is 90.1 Å². The van der Waals surface area contributed by atoms with Crippen molar-refractivity contribution in [2.75, 3.05) is 25.4 Å². The van der Waals surface area contributed by atoms with Crippen LogP contribution in [0.5, 0.6) is 5.75 Å². The van der Waals surface area contributed by atoms with Crippen LogP contribution in [0.25, 0.3) is 22.0 Å². The first kappa shape index (κ1) is 25.0. The van der Waals surface area contributed by atoms with E-state index in [0.29, 0.717) is 44.5 Å². The fourth-order valence-corrected chi connectivity index (χ4v) is 6.61. The van der Waals surface area contributed by atoms with Crippen LogP contribution >= 0.6 is 0 Å². The van der Waals surface area contributed by atoms with Crippen LogP contribution in [-0.2, 0) is 10.0 Å². The average molecular weight is 518 g/mol. The third-order valence-electron chi connectivity index (χ3n) is 7.04. The van der Waals surface area contributed by atoms with Gasteiger partial charge in [0, 0.05) is 24.7 Å². The number of nitrogens with zero attached hydrogens (tertiary/aromatic N) is 1. The Morgan fingerprint density at radius 2 is 1.65 bits per heavy atom. The highest BCUT2D eigenvalue weighted by Crippen LogP contribution is 2.37. The van der Waals surface area contributed by atoms with E-state index in [1.54, 1.807) is 4.31 Å². The van der Waals surface area contributed by atoms with Crippen molar-refractivity contribution in [2.45, 2.75) is 25.2 Å². The number of hydrogen-bond donors (Lipinski definition) is 2. The molecular weight excluding hydrogens is 486 g/mol. The Hall–Kier alpha value is -3.62. The summed E-state index contributed by atoms with van der Waals surface area (Å²) in [7, 11) is -3.35. The van der Waals surface area contributed by atoms with Gasteiger partial charge in [0.2, 0.25) is 10.0 Å². The molecule has 0 unspecified atom stereocenters. The molecule has 0 spiro atoms. The first-order chi connectivity index (χ1) is 17.9. The molecule has 7 nitrogen and oxygen atoms in total. The molecule has 8 heteroatoms. The van der Waals surface area contributed by atoms with Crippen molar-refractivity contribution in [2.24, 2.45) is 5.73 Å². The minimum atomic E-state index is -3.35. The number of piperidine rings is 1. The molecule has 1 aliphatic rings. The fourth-order valence-electron chi connectivity index (χ4n) is 5.10. The molecule has 5 rings (SSSR count). The van der Waals surface area contributed by atoms with Gasteiger partial charge in [-0.3, -0.25) is 4.79 Å². The van der Waals surface area contributed by atoms with Crippen LogP contribution in [0.2, 0.25) is 0 Å². The summed E-state index contributed by atoms with van der Waals surface area (Å²) >= 11 is 0. The predicted octanol–water partition coefficient (Wildman–Crippen LogP) is 4.91. The molecule has 1 amide bonds. The minimum Gasteiger partial charge on any atom is -0.494 e. The van der Waals surface area contributed by atoms with Gasteiger partial charge in [-0.2, -0.15) is 0 Å². The molecule has 3 aromatic carbocycles. The van der Waals surface area contributed by atoms with Crippen LogP contribution in [-0.4, -0.2) is 49.1 Å². The molecule has 1 saturated heterocycles. The number of amides is 1. The number of nitrogens with two attached hydrogens (primary N) is 1. The van der Waals surface area contributed by atoms with E-state index in [4.69, 9.17) is 10.5 Å². The standard InChI is InChI=1S/C29H31N3O4S/c30-29(33)26-19-23(21-8-3-1-4-9-21)18-25-27(20-31-28(25)26)22-12-14-32(15-13-22)37(34,35)17-7-16-36-24-10-5-2-6-11-24/h1-6,8-11,18-20,22,31H,7,12-17H2,(H2,30,33). The predicted molar refractivity (Wildman–Crippen MR) is 146 cm³/mol. The smallest absolute Gasteiger partial charge is 0.250 e. The zero-order valence-corrected chi connectivity index (χ0v) is 21.4. The van der Waals surface area contributed by atoms with Crippen molar-refractivity contribution < 1.29 is 17.9 Å². The zero-order chi connectivity index (χ0) is 25.8. The second kappa shape index (κ2) is 10.8. The van der Waals surface area contributed by atoms with E-state index < -0.39 is 15.9 Å². The van der Waals surface area contributed by atoms with Crippen molar-refractivity contribution in [1.82, 2.24) is 9.29 Å². The SMILES string of the molecule is NC(=O)c1cc(-c2ccccc2)cc2c(C3CCN(S(=O)(=O)CCCOc4ccccc4)CC3)c[nH]c12. The molecule has 0 atom stereocenters. The lowest BCUT2D eigenvalue weighted by Gasteiger charge is -2.31. The van der Waals surface area contributed by atoms with E-state index >= 15 is 0 Å². The van der Waals surface area contributed by atoms with Crippen LogP contribution in [0.15, 0.2) is 79.0 Å². The quantitative estimate of drug-likeness (QED) is 0.308. The number of benzene rings is 3. The Balaban J connectivity index is 1.27. The number of sulfonamides is 1. The van der Waals surface area contributed by atoms with Gasteiger partial charge in [-0.15, -0.1) is 0 Å². The number of primary amides is 1. The van der Waals surface area contributed by atoms with Gasteiger partial charge in [0.25, 0.3) is 5.91 Å². The van der Waals surface area contributed by atoms with Crippen molar-refractivity contribution in [3.63, 3.8) is 0 Å². The van der Waals surface area contributed by atoms with Crippen LogP contribution in [0, 0.1) is 0 Å². The van der Waals surface area contributed by atoms with Crippen molar-refractivity contribution >= 4 is 26.8 Å². The summed E-state index contributed by atoms with van der Waals surface area (Å²) < 4.78 is 33.1. The first-order valence-corrected chi connectivity index (χ1v) is 14.2. The van der Waals surface area contributed by atoms with Gasteiger partial charge in [-0.05, 0) is 66.1 Å². The molecular formula is C29H31N3O4S. The molecule has 0 radical (unpaired) electrons. The maximum Gasteiger partial charge on any atom is 0.250 e. The van der Waals surface area contributed by atoms with Gasteiger partial charge in [0.05, 0.1) is 23.4 Å². The Kier molecular flexibility index (Phi) is 7.30. The Morgan fingerprint density at radius 3 is 2.32 bits per heavy atom. The molecule has 0 aliphatic carbocycles. The lowest BCUT2D eigenvalue weighted by molar-refractivity contribution is 0.100. The summed E-state index contributed by atoms with van der Waals surface area (Å²) in [4.78, 5) is 15.5. The molecule has 3 N–H and O–H groups in total. The topological polar surface area (TPSA) is 105 Å². The second-order valence-corrected chi connectivity index (χ2v) is 11.5. The molecule has 2 heterocycles. The fraction of sp³-hybridized carbons (Fsp3) is 0.276. The van der Waals surface area contributed by atoms with Gasteiger partial charge in [0.1, 0.15) is 5.75 Å². The maximum atomic E-state index is 12.9. The average Bonchev–Trinajstić information content (AvgIpc) is 3.36. The lowest BCUT2D eigenvalue weighted by Crippen LogP contribution is -2.39. The number of aromatic amines is 1.